The molecule has 0 spiro atoms. The van der Waals surface area contributed by atoms with Gasteiger partial charge < -0.3 is 17.0 Å². The highest BCUT2D eigenvalue weighted by Gasteiger charge is 2.12. The van der Waals surface area contributed by atoms with E-state index in [0.29, 0.717) is 6.17 Å². The van der Waals surface area contributed by atoms with Crippen LogP contribution in [0.15, 0.2) is 18.7 Å². The number of nitrogens with zero attached hydrogens (tertiary/aromatic N) is 2. The van der Waals surface area contributed by atoms with E-state index in [2.05, 4.69) is 47.0 Å². The second-order valence-corrected chi connectivity index (χ2v) is 4.05. The molecule has 1 atom stereocenters. The number of aryl methyl sites for hydroxylation is 1. The molecule has 1 rings (SSSR count). The van der Waals surface area contributed by atoms with Crippen LogP contribution in [0.1, 0.15) is 45.7 Å². The van der Waals surface area contributed by atoms with Crippen LogP contribution >= 0.6 is 0 Å². The van der Waals surface area contributed by atoms with Gasteiger partial charge in [0.1, 0.15) is 12.4 Å². The van der Waals surface area contributed by atoms with Crippen molar-refractivity contribution in [3.8, 4) is 0 Å². The highest BCUT2D eigenvalue weighted by molar-refractivity contribution is 4.67. The smallest absolute Gasteiger partial charge is 0.245 e. The van der Waals surface area contributed by atoms with Crippen LogP contribution in [0, 0.1) is 0 Å². The van der Waals surface area contributed by atoms with Crippen LogP contribution in [0.3, 0.4) is 0 Å². The van der Waals surface area contributed by atoms with E-state index in [0.717, 1.165) is 6.54 Å². The monoisotopic (exact) mass is 289 g/mol. The molecule has 1 aromatic rings. The first-order chi connectivity index (χ1) is 7.31. The molecule has 16 heavy (non-hydrogen) atoms. The highest BCUT2D eigenvalue weighted by Crippen LogP contribution is 2.02. The Hall–Kier alpha value is -0.350. The fourth-order valence-electron chi connectivity index (χ4n) is 1.78. The fourth-order valence-corrected chi connectivity index (χ4v) is 1.78. The number of rotatable bonds is 7. The number of aromatic nitrogens is 2. The zero-order chi connectivity index (χ0) is 11.1. The summed E-state index contributed by atoms with van der Waals surface area (Å²) in [6.07, 6.45) is 11.9. The Labute approximate surface area is 110 Å². The number of hydrogen-bond acceptors (Lipinski definition) is 1. The number of halogens is 1. The zero-order valence-corrected chi connectivity index (χ0v) is 12.2. The van der Waals surface area contributed by atoms with Gasteiger partial charge in [0.25, 0.3) is 0 Å². The molecule has 3 nitrogen and oxygen atoms in total. The van der Waals surface area contributed by atoms with Crippen molar-refractivity contribution in [2.24, 2.45) is 0 Å². The van der Waals surface area contributed by atoms with Crippen molar-refractivity contribution in [2.75, 3.05) is 7.05 Å². The summed E-state index contributed by atoms with van der Waals surface area (Å²) in [7, 11) is 2.02. The summed E-state index contributed by atoms with van der Waals surface area (Å²) in [4.78, 5) is 0. The number of imidazole rings is 1. The molecular weight excluding hydrogens is 266 g/mol. The normalized spacial score (nSPS) is 12.2. The van der Waals surface area contributed by atoms with Crippen molar-refractivity contribution in [1.29, 1.82) is 0 Å². The van der Waals surface area contributed by atoms with E-state index in [4.69, 9.17) is 0 Å². The standard InChI is InChI=1S/C12H24N3.BrH/c1-4-6-8-14-9-10-15(11-14)12(13-3)7-5-2;/h9-13H,4-8H2,1-3H3;1H/q+1;/p-1. The SMILES string of the molecule is CCCCn1cc[n+](C(CCC)NC)c1.[Br-]. The minimum Gasteiger partial charge on any atom is -1.00 e. The van der Waals surface area contributed by atoms with Gasteiger partial charge in [-0.15, -0.1) is 0 Å². The summed E-state index contributed by atoms with van der Waals surface area (Å²) in [6, 6.07) is 0. The third-order valence-corrected chi connectivity index (χ3v) is 2.74. The lowest BCUT2D eigenvalue weighted by Crippen LogP contribution is -3.00. The summed E-state index contributed by atoms with van der Waals surface area (Å²) >= 11 is 0. The average Bonchev–Trinajstić information content (AvgIpc) is 2.71. The van der Waals surface area contributed by atoms with Crippen LogP contribution in [-0.2, 0) is 6.54 Å². The minimum absolute atomic E-state index is 0. The molecule has 0 aliphatic carbocycles. The average molecular weight is 290 g/mol. The largest absolute Gasteiger partial charge is 1.00 e. The van der Waals surface area contributed by atoms with Crippen molar-refractivity contribution in [3.63, 3.8) is 0 Å². The number of hydrogen-bond donors (Lipinski definition) is 1. The molecule has 0 aliphatic heterocycles. The second-order valence-electron chi connectivity index (χ2n) is 4.05. The van der Waals surface area contributed by atoms with Crippen LogP contribution < -0.4 is 26.9 Å². The van der Waals surface area contributed by atoms with Crippen molar-refractivity contribution in [2.45, 2.75) is 52.2 Å². The summed E-state index contributed by atoms with van der Waals surface area (Å²) in [5.74, 6) is 0. The molecule has 0 fully saturated rings. The van der Waals surface area contributed by atoms with Crippen LogP contribution in [0.5, 0.6) is 0 Å². The Kier molecular flexibility index (Phi) is 8.57. The quantitative estimate of drug-likeness (QED) is 0.646. The maximum Gasteiger partial charge on any atom is 0.245 e. The van der Waals surface area contributed by atoms with Crippen molar-refractivity contribution in [1.82, 2.24) is 9.88 Å². The van der Waals surface area contributed by atoms with E-state index in [1.807, 2.05) is 7.05 Å². The van der Waals surface area contributed by atoms with E-state index in [-0.39, 0.29) is 17.0 Å². The van der Waals surface area contributed by atoms with E-state index >= 15 is 0 Å². The first-order valence-corrected chi connectivity index (χ1v) is 6.05. The van der Waals surface area contributed by atoms with Crippen molar-refractivity contribution >= 4 is 0 Å². The maximum absolute atomic E-state index is 3.34. The molecule has 0 aromatic carbocycles. The van der Waals surface area contributed by atoms with Crippen LogP contribution in [0.2, 0.25) is 0 Å². The van der Waals surface area contributed by atoms with E-state index in [1.54, 1.807) is 0 Å². The maximum atomic E-state index is 3.34. The molecule has 0 aliphatic rings. The van der Waals surface area contributed by atoms with Gasteiger partial charge in [-0.1, -0.05) is 26.7 Å². The summed E-state index contributed by atoms with van der Waals surface area (Å²) in [5.41, 5.74) is 0. The predicted octanol–water partition coefficient (Wildman–Crippen LogP) is -0.902. The zero-order valence-electron chi connectivity index (χ0n) is 10.6. The van der Waals surface area contributed by atoms with Gasteiger partial charge >= 0.3 is 0 Å². The lowest BCUT2D eigenvalue weighted by Gasteiger charge is -2.10. The molecule has 0 bridgehead atoms. The third kappa shape index (κ3) is 4.66. The Morgan fingerprint density at radius 2 is 2.06 bits per heavy atom. The minimum atomic E-state index is 0. The van der Waals surface area contributed by atoms with Crippen LogP contribution in [0.4, 0.5) is 0 Å². The van der Waals surface area contributed by atoms with Gasteiger partial charge in [0.15, 0.2) is 6.17 Å². The Morgan fingerprint density at radius 1 is 1.31 bits per heavy atom. The Balaban J connectivity index is 0.00000225. The first-order valence-electron chi connectivity index (χ1n) is 6.05. The molecule has 94 valence electrons. The molecule has 0 saturated heterocycles. The van der Waals surface area contributed by atoms with Crippen molar-refractivity contribution in [3.05, 3.63) is 18.7 Å². The molecule has 1 heterocycles. The molecule has 0 radical (unpaired) electrons. The van der Waals surface area contributed by atoms with Gasteiger partial charge in [0.05, 0.1) is 6.54 Å². The third-order valence-electron chi connectivity index (χ3n) is 2.74. The van der Waals surface area contributed by atoms with Gasteiger partial charge in [-0.3, -0.25) is 5.32 Å². The molecule has 1 unspecified atom stereocenters. The summed E-state index contributed by atoms with van der Waals surface area (Å²) in [6.45, 7) is 5.58. The summed E-state index contributed by atoms with van der Waals surface area (Å²) < 4.78 is 4.53. The molecular formula is C12H24BrN3. The van der Waals surface area contributed by atoms with Crippen LogP contribution in [0.25, 0.3) is 0 Å². The molecule has 0 saturated carbocycles. The molecule has 4 heteroatoms. The second kappa shape index (κ2) is 8.76. The predicted molar refractivity (Wildman–Crippen MR) is 62.5 cm³/mol. The molecule has 1 N–H and O–H groups in total. The number of nitrogens with one attached hydrogen (secondary N) is 1. The van der Waals surface area contributed by atoms with Gasteiger partial charge in [0.2, 0.25) is 6.33 Å². The molecule has 0 amide bonds. The molecule has 1 aromatic heterocycles. The van der Waals surface area contributed by atoms with Gasteiger partial charge in [-0.25, -0.2) is 9.13 Å². The lowest BCUT2D eigenvalue weighted by atomic mass is 10.3. The van der Waals surface area contributed by atoms with E-state index < -0.39 is 0 Å². The number of unbranched alkanes of at least 4 members (excludes halogenated alkanes) is 1. The van der Waals surface area contributed by atoms with Gasteiger partial charge in [0, 0.05) is 6.42 Å². The Bertz CT molecular complexity index is 273. The fraction of sp³-hybridized carbons (Fsp3) is 0.750. The van der Waals surface area contributed by atoms with Crippen molar-refractivity contribution < 1.29 is 21.5 Å². The summed E-state index contributed by atoms with van der Waals surface area (Å²) in [5, 5.41) is 3.34. The van der Waals surface area contributed by atoms with Gasteiger partial charge in [-0.05, 0) is 13.5 Å². The van der Waals surface area contributed by atoms with E-state index in [9.17, 15) is 0 Å². The van der Waals surface area contributed by atoms with Gasteiger partial charge in [-0.2, -0.15) is 0 Å². The van der Waals surface area contributed by atoms with E-state index in [1.165, 1.54) is 25.7 Å². The lowest BCUT2D eigenvalue weighted by molar-refractivity contribution is -0.728. The van der Waals surface area contributed by atoms with Crippen LogP contribution in [-0.4, -0.2) is 11.6 Å². The topological polar surface area (TPSA) is 20.8 Å². The Morgan fingerprint density at radius 3 is 2.62 bits per heavy atom. The highest BCUT2D eigenvalue weighted by atomic mass is 79.9. The first kappa shape index (κ1) is 15.7.